The van der Waals surface area contributed by atoms with E-state index < -0.39 is 17.5 Å². The smallest absolute Gasteiger partial charge is 0.330 e. The Kier molecular flexibility index (Phi) is 4.45. The Hall–Kier alpha value is -1.40. The lowest BCUT2D eigenvalue weighted by molar-refractivity contribution is -0.120. The molecule has 0 saturated heterocycles. The summed E-state index contributed by atoms with van der Waals surface area (Å²) in [7, 11) is 1.51. The van der Waals surface area contributed by atoms with Crippen LogP contribution in [0.4, 0.5) is 0 Å². The molecule has 16 heavy (non-hydrogen) atoms. The lowest BCUT2D eigenvalue weighted by atomic mass is 10.2. The number of hydrogen-bond donors (Lipinski definition) is 1. The lowest BCUT2D eigenvalue weighted by Gasteiger charge is -2.22. The second kappa shape index (κ2) is 5.62. The first-order valence-electron chi connectivity index (χ1n) is 4.98. The van der Waals surface area contributed by atoms with Crippen LogP contribution in [0.3, 0.4) is 0 Å². The van der Waals surface area contributed by atoms with Crippen LogP contribution in [-0.2, 0) is 9.47 Å². The van der Waals surface area contributed by atoms with Gasteiger partial charge in [0.2, 0.25) is 0 Å². The Morgan fingerprint density at radius 2 is 2.12 bits per heavy atom. The minimum atomic E-state index is -0.484. The maximum Gasteiger partial charge on any atom is 0.330 e. The van der Waals surface area contributed by atoms with Crippen molar-refractivity contribution in [1.82, 2.24) is 9.55 Å². The van der Waals surface area contributed by atoms with Gasteiger partial charge >= 0.3 is 5.69 Å². The molecule has 0 aliphatic rings. The Morgan fingerprint density at radius 3 is 2.62 bits per heavy atom. The van der Waals surface area contributed by atoms with Gasteiger partial charge in [0.15, 0.2) is 0 Å². The molecule has 1 aromatic rings. The highest BCUT2D eigenvalue weighted by molar-refractivity contribution is 4.84. The van der Waals surface area contributed by atoms with Crippen molar-refractivity contribution >= 4 is 0 Å². The van der Waals surface area contributed by atoms with Crippen molar-refractivity contribution in [2.75, 3.05) is 13.9 Å². The summed E-state index contributed by atoms with van der Waals surface area (Å²) in [4.78, 5) is 24.6. The van der Waals surface area contributed by atoms with Gasteiger partial charge in [0, 0.05) is 19.4 Å². The van der Waals surface area contributed by atoms with E-state index in [0.717, 1.165) is 0 Å². The molecule has 0 fully saturated rings. The molecular formula is C10H16N2O4. The van der Waals surface area contributed by atoms with Gasteiger partial charge < -0.3 is 9.47 Å². The van der Waals surface area contributed by atoms with Crippen LogP contribution in [0, 0.1) is 5.92 Å². The zero-order valence-electron chi connectivity index (χ0n) is 9.60. The summed E-state index contributed by atoms with van der Waals surface area (Å²) in [5, 5.41) is 0. The summed E-state index contributed by atoms with van der Waals surface area (Å²) in [5.74, 6) is 0.0822. The SMILES string of the molecule is COCOC(C(C)C)n1ccc(=O)[nH]c1=O. The number of nitrogens with one attached hydrogen (secondary N) is 1. The van der Waals surface area contributed by atoms with Crippen LogP contribution in [0.2, 0.25) is 0 Å². The average Bonchev–Trinajstić information content (AvgIpc) is 2.20. The number of rotatable bonds is 5. The Balaban J connectivity index is 3.01. The van der Waals surface area contributed by atoms with Gasteiger partial charge in [0.05, 0.1) is 0 Å². The molecule has 1 aromatic heterocycles. The van der Waals surface area contributed by atoms with E-state index in [9.17, 15) is 9.59 Å². The van der Waals surface area contributed by atoms with Crippen LogP contribution >= 0.6 is 0 Å². The molecule has 6 nitrogen and oxygen atoms in total. The third-order valence-corrected chi connectivity index (χ3v) is 2.05. The summed E-state index contributed by atoms with van der Waals surface area (Å²) in [5.41, 5.74) is -0.905. The van der Waals surface area contributed by atoms with E-state index in [1.807, 2.05) is 13.8 Å². The first-order valence-corrected chi connectivity index (χ1v) is 4.98. The second-order valence-corrected chi connectivity index (χ2v) is 3.73. The van der Waals surface area contributed by atoms with Crippen LogP contribution in [0.5, 0.6) is 0 Å². The highest BCUT2D eigenvalue weighted by Crippen LogP contribution is 2.16. The van der Waals surface area contributed by atoms with E-state index in [2.05, 4.69) is 4.98 Å². The van der Waals surface area contributed by atoms with Crippen molar-refractivity contribution in [3.63, 3.8) is 0 Å². The molecule has 1 N–H and O–H groups in total. The Bertz CT molecular complexity index is 435. The summed E-state index contributed by atoms with van der Waals surface area (Å²) < 4.78 is 11.5. The number of aromatic nitrogens is 2. The zero-order valence-corrected chi connectivity index (χ0v) is 9.60. The second-order valence-electron chi connectivity index (χ2n) is 3.73. The fraction of sp³-hybridized carbons (Fsp3) is 0.600. The van der Waals surface area contributed by atoms with E-state index in [4.69, 9.17) is 9.47 Å². The van der Waals surface area contributed by atoms with Crippen molar-refractivity contribution in [3.8, 4) is 0 Å². The molecule has 1 unspecified atom stereocenters. The van der Waals surface area contributed by atoms with Crippen LogP contribution in [0.15, 0.2) is 21.9 Å². The molecule has 0 bridgehead atoms. The molecule has 0 aliphatic heterocycles. The van der Waals surface area contributed by atoms with E-state index in [1.54, 1.807) is 0 Å². The van der Waals surface area contributed by atoms with Crippen molar-refractivity contribution in [2.45, 2.75) is 20.1 Å². The minimum absolute atomic E-state index is 0.0822. The van der Waals surface area contributed by atoms with Gasteiger partial charge in [-0.05, 0) is 5.92 Å². The molecule has 1 heterocycles. The van der Waals surface area contributed by atoms with E-state index in [-0.39, 0.29) is 12.7 Å². The van der Waals surface area contributed by atoms with Crippen molar-refractivity contribution < 1.29 is 9.47 Å². The van der Waals surface area contributed by atoms with Gasteiger partial charge in [0.25, 0.3) is 5.56 Å². The molecule has 0 aromatic carbocycles. The first kappa shape index (κ1) is 12.7. The molecule has 0 spiro atoms. The van der Waals surface area contributed by atoms with Crippen molar-refractivity contribution in [2.24, 2.45) is 5.92 Å². The third-order valence-electron chi connectivity index (χ3n) is 2.05. The minimum Gasteiger partial charge on any atom is -0.359 e. The average molecular weight is 228 g/mol. The number of hydrogen-bond acceptors (Lipinski definition) is 4. The fourth-order valence-electron chi connectivity index (χ4n) is 1.36. The van der Waals surface area contributed by atoms with Crippen molar-refractivity contribution in [3.05, 3.63) is 33.1 Å². The molecule has 0 radical (unpaired) electrons. The normalized spacial score (nSPS) is 13.0. The molecule has 1 rings (SSSR count). The number of aromatic amines is 1. The monoisotopic (exact) mass is 228 g/mol. The number of ether oxygens (including phenoxy) is 2. The predicted molar refractivity (Wildman–Crippen MR) is 58.2 cm³/mol. The van der Waals surface area contributed by atoms with Gasteiger partial charge in [-0.15, -0.1) is 0 Å². The maximum absolute atomic E-state index is 11.5. The molecular weight excluding hydrogens is 212 g/mol. The van der Waals surface area contributed by atoms with Crippen molar-refractivity contribution in [1.29, 1.82) is 0 Å². The number of methoxy groups -OCH3 is 1. The quantitative estimate of drug-likeness (QED) is 0.736. The van der Waals surface area contributed by atoms with E-state index >= 15 is 0 Å². The Labute approximate surface area is 92.8 Å². The van der Waals surface area contributed by atoms with Crippen LogP contribution in [-0.4, -0.2) is 23.5 Å². The summed E-state index contributed by atoms with van der Waals surface area (Å²) >= 11 is 0. The molecule has 90 valence electrons. The van der Waals surface area contributed by atoms with E-state index in [1.165, 1.54) is 23.9 Å². The van der Waals surface area contributed by atoms with Gasteiger partial charge in [-0.3, -0.25) is 14.3 Å². The summed E-state index contributed by atoms with van der Waals surface area (Å²) in [6, 6.07) is 1.28. The number of H-pyrrole nitrogens is 1. The van der Waals surface area contributed by atoms with Crippen LogP contribution in [0.25, 0.3) is 0 Å². The van der Waals surface area contributed by atoms with Crippen LogP contribution < -0.4 is 11.2 Å². The largest absolute Gasteiger partial charge is 0.359 e. The Morgan fingerprint density at radius 1 is 1.44 bits per heavy atom. The number of nitrogens with zero attached hydrogens (tertiary/aromatic N) is 1. The maximum atomic E-state index is 11.5. The topological polar surface area (TPSA) is 73.3 Å². The van der Waals surface area contributed by atoms with Gasteiger partial charge in [-0.25, -0.2) is 4.79 Å². The zero-order chi connectivity index (χ0) is 12.1. The molecule has 1 atom stereocenters. The highest BCUT2D eigenvalue weighted by Gasteiger charge is 2.17. The first-order chi connectivity index (χ1) is 7.56. The molecule has 0 amide bonds. The summed E-state index contributed by atoms with van der Waals surface area (Å²) in [6.07, 6.45) is 0.964. The highest BCUT2D eigenvalue weighted by atomic mass is 16.7. The van der Waals surface area contributed by atoms with Gasteiger partial charge in [-0.1, -0.05) is 13.8 Å². The van der Waals surface area contributed by atoms with E-state index in [0.29, 0.717) is 0 Å². The summed E-state index contributed by atoms with van der Waals surface area (Å²) in [6.45, 7) is 3.92. The van der Waals surface area contributed by atoms with Gasteiger partial charge in [0.1, 0.15) is 13.0 Å². The standard InChI is InChI=1S/C10H16N2O4/c1-7(2)9(16-6-15-3)12-5-4-8(13)11-10(12)14/h4-5,7,9H,6H2,1-3H3,(H,11,13,14). The molecule has 0 saturated carbocycles. The third kappa shape index (κ3) is 3.04. The fourth-order valence-corrected chi connectivity index (χ4v) is 1.36. The predicted octanol–water partition coefficient (Wildman–Crippen LogP) is 0.312. The van der Waals surface area contributed by atoms with Gasteiger partial charge in [-0.2, -0.15) is 0 Å². The molecule has 6 heteroatoms. The molecule has 0 aliphatic carbocycles. The lowest BCUT2D eigenvalue weighted by Crippen LogP contribution is -2.34. The van der Waals surface area contributed by atoms with Crippen LogP contribution in [0.1, 0.15) is 20.1 Å².